The van der Waals surface area contributed by atoms with E-state index in [1.54, 1.807) is 13.3 Å². The minimum Gasteiger partial charge on any atom is -0.382 e. The Hall–Kier alpha value is -1.45. The van der Waals surface area contributed by atoms with Crippen LogP contribution in [0.4, 0.5) is 0 Å². The second kappa shape index (κ2) is 4.82. The van der Waals surface area contributed by atoms with Crippen LogP contribution in [0.3, 0.4) is 0 Å². The molecule has 0 saturated carbocycles. The highest BCUT2D eigenvalue weighted by molar-refractivity contribution is 5.85. The van der Waals surface area contributed by atoms with Crippen molar-refractivity contribution in [3.8, 4) is 0 Å². The average molecular weight is 230 g/mol. The van der Waals surface area contributed by atoms with Crippen molar-refractivity contribution in [3.63, 3.8) is 0 Å². The smallest absolute Gasteiger partial charge is 0.0684 e. The van der Waals surface area contributed by atoms with Gasteiger partial charge in [-0.25, -0.2) is 0 Å². The van der Waals surface area contributed by atoms with E-state index >= 15 is 0 Å². The quantitative estimate of drug-likeness (QED) is 0.877. The highest BCUT2D eigenvalue weighted by Crippen LogP contribution is 2.29. The van der Waals surface area contributed by atoms with Crippen LogP contribution in [0.2, 0.25) is 0 Å². The summed E-state index contributed by atoms with van der Waals surface area (Å²) in [6, 6.07) is 8.16. The molecule has 0 aliphatic heterocycles. The lowest BCUT2D eigenvalue weighted by atomic mass is 9.86. The maximum Gasteiger partial charge on any atom is 0.0684 e. The molecule has 1 heterocycles. The van der Waals surface area contributed by atoms with Crippen molar-refractivity contribution in [2.24, 2.45) is 5.73 Å². The maximum absolute atomic E-state index is 6.45. The van der Waals surface area contributed by atoms with Crippen LogP contribution in [0, 0.1) is 0 Å². The molecule has 90 valence electrons. The summed E-state index contributed by atoms with van der Waals surface area (Å²) in [6.07, 6.45) is 4.50. The molecule has 0 aliphatic carbocycles. The van der Waals surface area contributed by atoms with Gasteiger partial charge in [-0.1, -0.05) is 25.1 Å². The molecule has 1 unspecified atom stereocenters. The molecule has 2 N–H and O–H groups in total. The number of hydrogen-bond acceptors (Lipinski definition) is 3. The van der Waals surface area contributed by atoms with Crippen molar-refractivity contribution < 1.29 is 4.74 Å². The molecular formula is C14H18N2O. The Kier molecular flexibility index (Phi) is 3.41. The number of ether oxygens (including phenoxy) is 1. The van der Waals surface area contributed by atoms with Gasteiger partial charge in [0.05, 0.1) is 12.1 Å². The molecule has 17 heavy (non-hydrogen) atoms. The monoisotopic (exact) mass is 230 g/mol. The fourth-order valence-corrected chi connectivity index (χ4v) is 2.18. The number of aromatic nitrogens is 1. The highest BCUT2D eigenvalue weighted by atomic mass is 16.5. The molecule has 0 aliphatic rings. The van der Waals surface area contributed by atoms with E-state index in [9.17, 15) is 0 Å². The van der Waals surface area contributed by atoms with Gasteiger partial charge in [0.15, 0.2) is 0 Å². The first-order chi connectivity index (χ1) is 8.21. The molecule has 3 nitrogen and oxygen atoms in total. The number of pyridine rings is 1. The standard InChI is InChI=1S/C14H18N2O/c1-3-14(15,10-17-2)13-6-4-5-11-9-16-8-7-12(11)13/h4-9H,3,10,15H2,1-2H3. The van der Waals surface area contributed by atoms with Crippen molar-refractivity contribution in [2.45, 2.75) is 18.9 Å². The molecule has 0 radical (unpaired) electrons. The van der Waals surface area contributed by atoms with Crippen LogP contribution in [-0.2, 0) is 10.3 Å². The highest BCUT2D eigenvalue weighted by Gasteiger charge is 2.26. The number of nitrogens with zero attached hydrogens (tertiary/aromatic N) is 1. The van der Waals surface area contributed by atoms with E-state index in [2.05, 4.69) is 24.0 Å². The van der Waals surface area contributed by atoms with Crippen molar-refractivity contribution in [3.05, 3.63) is 42.2 Å². The topological polar surface area (TPSA) is 48.1 Å². The van der Waals surface area contributed by atoms with Crippen LogP contribution in [0.5, 0.6) is 0 Å². The fourth-order valence-electron chi connectivity index (χ4n) is 2.18. The summed E-state index contributed by atoms with van der Waals surface area (Å²) in [5.74, 6) is 0. The molecule has 0 spiro atoms. The first-order valence-corrected chi connectivity index (χ1v) is 5.82. The van der Waals surface area contributed by atoms with Crippen LogP contribution in [0.15, 0.2) is 36.7 Å². The maximum atomic E-state index is 6.45. The van der Waals surface area contributed by atoms with E-state index in [1.807, 2.05) is 18.3 Å². The van der Waals surface area contributed by atoms with Gasteiger partial charge in [0.25, 0.3) is 0 Å². The Labute approximate surface area is 102 Å². The van der Waals surface area contributed by atoms with Gasteiger partial charge < -0.3 is 10.5 Å². The molecule has 2 rings (SSSR count). The van der Waals surface area contributed by atoms with E-state index < -0.39 is 5.54 Å². The molecule has 0 bridgehead atoms. The van der Waals surface area contributed by atoms with Crippen LogP contribution in [0.25, 0.3) is 10.8 Å². The van der Waals surface area contributed by atoms with E-state index in [0.717, 1.165) is 22.8 Å². The van der Waals surface area contributed by atoms with Crippen molar-refractivity contribution in [1.82, 2.24) is 4.98 Å². The van der Waals surface area contributed by atoms with Crippen molar-refractivity contribution >= 4 is 10.8 Å². The number of fused-ring (bicyclic) bond motifs is 1. The van der Waals surface area contributed by atoms with Crippen LogP contribution in [-0.4, -0.2) is 18.7 Å². The second-order valence-corrected chi connectivity index (χ2v) is 4.35. The first-order valence-electron chi connectivity index (χ1n) is 5.82. The largest absolute Gasteiger partial charge is 0.382 e. The number of nitrogens with two attached hydrogens (primary N) is 1. The van der Waals surface area contributed by atoms with Crippen LogP contribution in [0.1, 0.15) is 18.9 Å². The van der Waals surface area contributed by atoms with Crippen molar-refractivity contribution in [2.75, 3.05) is 13.7 Å². The van der Waals surface area contributed by atoms with Crippen molar-refractivity contribution in [1.29, 1.82) is 0 Å². The van der Waals surface area contributed by atoms with Gasteiger partial charge in [0, 0.05) is 24.9 Å². The lowest BCUT2D eigenvalue weighted by Crippen LogP contribution is -2.40. The molecule has 3 heteroatoms. The average Bonchev–Trinajstić information content (AvgIpc) is 2.38. The molecular weight excluding hydrogens is 212 g/mol. The number of benzene rings is 1. The lowest BCUT2D eigenvalue weighted by molar-refractivity contribution is 0.130. The minimum atomic E-state index is -0.435. The predicted molar refractivity (Wildman–Crippen MR) is 69.8 cm³/mol. The summed E-state index contributed by atoms with van der Waals surface area (Å²) in [4.78, 5) is 4.14. The van der Waals surface area contributed by atoms with E-state index in [1.165, 1.54) is 0 Å². The molecule has 1 atom stereocenters. The lowest BCUT2D eigenvalue weighted by Gasteiger charge is -2.29. The van der Waals surface area contributed by atoms with Crippen LogP contribution >= 0.6 is 0 Å². The summed E-state index contributed by atoms with van der Waals surface area (Å²) in [5.41, 5.74) is 7.14. The van der Waals surface area contributed by atoms with Gasteiger partial charge in [0.1, 0.15) is 0 Å². The molecule has 0 fully saturated rings. The minimum absolute atomic E-state index is 0.435. The summed E-state index contributed by atoms with van der Waals surface area (Å²) in [7, 11) is 1.68. The Morgan fingerprint density at radius 3 is 2.88 bits per heavy atom. The molecule has 0 amide bonds. The van der Waals surface area contributed by atoms with E-state index in [-0.39, 0.29) is 0 Å². The van der Waals surface area contributed by atoms with Gasteiger partial charge in [-0.2, -0.15) is 0 Å². The van der Waals surface area contributed by atoms with Gasteiger partial charge in [-0.15, -0.1) is 0 Å². The number of hydrogen-bond donors (Lipinski definition) is 1. The molecule has 1 aromatic carbocycles. The Morgan fingerprint density at radius 1 is 1.35 bits per heavy atom. The normalized spacial score (nSPS) is 14.8. The zero-order valence-corrected chi connectivity index (χ0v) is 10.3. The van der Waals surface area contributed by atoms with Gasteiger partial charge >= 0.3 is 0 Å². The third-order valence-corrected chi connectivity index (χ3v) is 3.25. The second-order valence-electron chi connectivity index (χ2n) is 4.35. The van der Waals surface area contributed by atoms with Crippen LogP contribution < -0.4 is 5.73 Å². The zero-order chi connectivity index (χ0) is 12.3. The van der Waals surface area contributed by atoms with E-state index in [0.29, 0.717) is 6.61 Å². The fraction of sp³-hybridized carbons (Fsp3) is 0.357. The molecule has 2 aromatic rings. The first kappa shape index (κ1) is 12.0. The van der Waals surface area contributed by atoms with Gasteiger partial charge in [-0.05, 0) is 23.4 Å². The Morgan fingerprint density at radius 2 is 2.18 bits per heavy atom. The SMILES string of the molecule is CCC(N)(COC)c1cccc2cnccc12. The van der Waals surface area contributed by atoms with Gasteiger partial charge in [0.2, 0.25) is 0 Å². The van der Waals surface area contributed by atoms with Gasteiger partial charge in [-0.3, -0.25) is 4.98 Å². The number of rotatable bonds is 4. The number of methoxy groups -OCH3 is 1. The predicted octanol–water partition coefficient (Wildman–Crippen LogP) is 2.45. The Balaban J connectivity index is 2.61. The van der Waals surface area contributed by atoms with E-state index in [4.69, 9.17) is 10.5 Å². The third-order valence-electron chi connectivity index (χ3n) is 3.25. The summed E-state index contributed by atoms with van der Waals surface area (Å²) in [6.45, 7) is 2.60. The zero-order valence-electron chi connectivity index (χ0n) is 10.3. The summed E-state index contributed by atoms with van der Waals surface area (Å²) in [5, 5.41) is 2.27. The molecule has 1 aromatic heterocycles. The summed E-state index contributed by atoms with van der Waals surface area (Å²) < 4.78 is 5.26. The molecule has 0 saturated heterocycles. The third kappa shape index (κ3) is 2.16. The summed E-state index contributed by atoms with van der Waals surface area (Å²) >= 11 is 0. The Bertz CT molecular complexity index is 507.